The largest absolute Gasteiger partial charge is 0.461 e. The summed E-state index contributed by atoms with van der Waals surface area (Å²) in [4.78, 5) is 17.0. The lowest BCUT2D eigenvalue weighted by atomic mass is 10.0. The highest BCUT2D eigenvalue weighted by molar-refractivity contribution is 8.00. The van der Waals surface area contributed by atoms with Crippen LogP contribution in [0.25, 0.3) is 21.2 Å². The highest BCUT2D eigenvalue weighted by Crippen LogP contribution is 2.37. The number of thioether (sulfide) groups is 1. The fourth-order valence-corrected chi connectivity index (χ4v) is 4.76. The minimum absolute atomic E-state index is 0.0866. The molecule has 29 heavy (non-hydrogen) atoms. The Hall–Kier alpha value is -2.32. The van der Waals surface area contributed by atoms with Gasteiger partial charge in [0.25, 0.3) is 0 Å². The summed E-state index contributed by atoms with van der Waals surface area (Å²) in [7, 11) is 0. The zero-order valence-electron chi connectivity index (χ0n) is 15.1. The Morgan fingerprint density at radius 3 is 2.66 bits per heavy atom. The molecule has 0 N–H and O–H groups in total. The third-order valence-corrected chi connectivity index (χ3v) is 6.52. The number of carbonyl (C=O) groups excluding carboxylic acids is 1. The molecule has 4 aromatic rings. The Balaban J connectivity index is 1.51. The molecule has 0 aliphatic heterocycles. The van der Waals surface area contributed by atoms with Crippen LogP contribution in [0.1, 0.15) is 34.3 Å². The van der Waals surface area contributed by atoms with Crippen LogP contribution in [-0.2, 0) is 0 Å². The zero-order chi connectivity index (χ0) is 20.4. The minimum atomic E-state index is -4.33. The van der Waals surface area contributed by atoms with Gasteiger partial charge in [0.05, 0.1) is 10.2 Å². The molecular formula is C21H16F3NO2S2. The molecule has 8 heteroatoms. The lowest BCUT2D eigenvalue weighted by Crippen LogP contribution is -2.10. The van der Waals surface area contributed by atoms with E-state index in [1.807, 2.05) is 42.5 Å². The topological polar surface area (TPSA) is 43.1 Å². The maximum absolute atomic E-state index is 12.8. The van der Waals surface area contributed by atoms with Crippen molar-refractivity contribution in [2.24, 2.45) is 0 Å². The van der Waals surface area contributed by atoms with Gasteiger partial charge in [-0.25, -0.2) is 4.98 Å². The molecule has 0 radical (unpaired) electrons. The number of ketones is 1. The second kappa shape index (κ2) is 8.20. The SMILES string of the molecule is O=C(CCC(CSC(F)(F)F)c1cc2ccccc2o1)c1nc2ccccc2s1. The summed E-state index contributed by atoms with van der Waals surface area (Å²) in [6.07, 6.45) is 0.373. The standard InChI is InChI=1S/C21H16F3NO2S2/c22-21(23,24)28-12-14(18-11-13-5-1-3-7-17(13)27-18)9-10-16(26)20-25-15-6-2-4-8-19(15)29-20/h1-8,11,14H,9-10,12H2. The molecule has 4 rings (SSSR count). The third-order valence-electron chi connectivity index (χ3n) is 4.55. The van der Waals surface area contributed by atoms with E-state index in [4.69, 9.17) is 4.42 Å². The minimum Gasteiger partial charge on any atom is -0.461 e. The average Bonchev–Trinajstić information content (AvgIpc) is 3.31. The Kier molecular flexibility index (Phi) is 5.65. The summed E-state index contributed by atoms with van der Waals surface area (Å²) < 4.78 is 45.0. The number of fused-ring (bicyclic) bond motifs is 2. The first-order valence-corrected chi connectivity index (χ1v) is 10.8. The molecule has 1 atom stereocenters. The van der Waals surface area contributed by atoms with Gasteiger partial charge in [0.15, 0.2) is 10.8 Å². The van der Waals surface area contributed by atoms with Gasteiger partial charge < -0.3 is 4.42 Å². The monoisotopic (exact) mass is 435 g/mol. The van der Waals surface area contributed by atoms with E-state index in [1.54, 1.807) is 12.1 Å². The van der Waals surface area contributed by atoms with Crippen molar-refractivity contribution in [3.05, 3.63) is 65.4 Å². The summed E-state index contributed by atoms with van der Waals surface area (Å²) >= 11 is 1.22. The summed E-state index contributed by atoms with van der Waals surface area (Å²) in [6.45, 7) is 0. The van der Waals surface area contributed by atoms with Crippen molar-refractivity contribution in [3.8, 4) is 0 Å². The van der Waals surface area contributed by atoms with Crippen molar-refractivity contribution in [2.75, 3.05) is 5.75 Å². The fourth-order valence-electron chi connectivity index (χ4n) is 3.11. The van der Waals surface area contributed by atoms with Gasteiger partial charge in [-0.15, -0.1) is 11.3 Å². The van der Waals surface area contributed by atoms with Gasteiger partial charge in [0, 0.05) is 23.5 Å². The molecule has 0 fully saturated rings. The molecule has 150 valence electrons. The van der Waals surface area contributed by atoms with Crippen LogP contribution in [0.3, 0.4) is 0 Å². The van der Waals surface area contributed by atoms with E-state index < -0.39 is 11.4 Å². The Morgan fingerprint density at radius 1 is 1.14 bits per heavy atom. The summed E-state index contributed by atoms with van der Waals surface area (Å²) in [6, 6.07) is 16.5. The van der Waals surface area contributed by atoms with Crippen LogP contribution in [-0.4, -0.2) is 22.0 Å². The lowest BCUT2D eigenvalue weighted by Gasteiger charge is -2.14. The number of hydrogen-bond donors (Lipinski definition) is 0. The number of para-hydroxylation sites is 2. The van der Waals surface area contributed by atoms with E-state index in [0.717, 1.165) is 15.6 Å². The number of carbonyl (C=O) groups is 1. The number of alkyl halides is 3. The summed E-state index contributed by atoms with van der Waals surface area (Å²) in [5.41, 5.74) is -2.95. The molecule has 0 aliphatic carbocycles. The van der Waals surface area contributed by atoms with E-state index in [1.165, 1.54) is 11.3 Å². The number of nitrogens with zero attached hydrogens (tertiary/aromatic N) is 1. The first-order valence-electron chi connectivity index (χ1n) is 8.97. The number of furan rings is 1. The normalized spacial score (nSPS) is 13.2. The maximum atomic E-state index is 12.8. The van der Waals surface area contributed by atoms with Crippen LogP contribution in [0, 0.1) is 0 Å². The van der Waals surface area contributed by atoms with Crippen LogP contribution in [0.2, 0.25) is 0 Å². The molecule has 0 saturated heterocycles. The number of hydrogen-bond acceptors (Lipinski definition) is 5. The number of rotatable bonds is 7. The van der Waals surface area contributed by atoms with E-state index in [-0.39, 0.29) is 36.1 Å². The molecule has 1 unspecified atom stereocenters. The molecular weight excluding hydrogens is 419 g/mol. The van der Waals surface area contributed by atoms with Crippen molar-refractivity contribution < 1.29 is 22.4 Å². The van der Waals surface area contributed by atoms with Crippen LogP contribution in [0.5, 0.6) is 0 Å². The molecule has 0 saturated carbocycles. The van der Waals surface area contributed by atoms with Gasteiger partial charge in [-0.1, -0.05) is 42.1 Å². The Bertz CT molecular complexity index is 1080. The van der Waals surface area contributed by atoms with Crippen molar-refractivity contribution in [1.29, 1.82) is 0 Å². The van der Waals surface area contributed by atoms with Crippen LogP contribution in [0.15, 0.2) is 59.0 Å². The quantitative estimate of drug-likeness (QED) is 0.292. The Morgan fingerprint density at radius 2 is 1.90 bits per heavy atom. The third kappa shape index (κ3) is 4.82. The van der Waals surface area contributed by atoms with Crippen molar-refractivity contribution in [3.63, 3.8) is 0 Å². The van der Waals surface area contributed by atoms with E-state index >= 15 is 0 Å². The smallest absolute Gasteiger partial charge is 0.441 e. The van der Waals surface area contributed by atoms with Gasteiger partial charge in [0.1, 0.15) is 11.3 Å². The number of aromatic nitrogens is 1. The average molecular weight is 435 g/mol. The molecule has 2 heterocycles. The highest BCUT2D eigenvalue weighted by atomic mass is 32.2. The van der Waals surface area contributed by atoms with Crippen molar-refractivity contribution in [1.82, 2.24) is 4.98 Å². The molecule has 3 nitrogen and oxygen atoms in total. The van der Waals surface area contributed by atoms with Gasteiger partial charge in [-0.2, -0.15) is 13.2 Å². The van der Waals surface area contributed by atoms with E-state index in [0.29, 0.717) is 16.4 Å². The number of thiazole rings is 1. The number of halogens is 3. The van der Waals surface area contributed by atoms with Crippen molar-refractivity contribution in [2.45, 2.75) is 24.3 Å². The van der Waals surface area contributed by atoms with Crippen LogP contribution >= 0.6 is 23.1 Å². The number of benzene rings is 2. The van der Waals surface area contributed by atoms with Gasteiger partial charge in [-0.05, 0) is 30.7 Å². The second-order valence-electron chi connectivity index (χ2n) is 6.59. The maximum Gasteiger partial charge on any atom is 0.441 e. The Labute approximate surface area is 172 Å². The molecule has 0 bridgehead atoms. The second-order valence-corrected chi connectivity index (χ2v) is 8.70. The molecule has 2 aromatic carbocycles. The van der Waals surface area contributed by atoms with E-state index in [2.05, 4.69) is 4.98 Å². The van der Waals surface area contributed by atoms with Gasteiger partial charge in [-0.3, -0.25) is 4.79 Å². The highest BCUT2D eigenvalue weighted by Gasteiger charge is 2.31. The predicted octanol–water partition coefficient (Wildman–Crippen LogP) is 7.04. The van der Waals surface area contributed by atoms with Crippen molar-refractivity contribution >= 4 is 50.1 Å². The predicted molar refractivity (Wildman–Crippen MR) is 111 cm³/mol. The first-order chi connectivity index (χ1) is 13.9. The first kappa shape index (κ1) is 20.0. The summed E-state index contributed by atoms with van der Waals surface area (Å²) in [5, 5.41) is 1.22. The molecule has 0 amide bonds. The molecule has 2 aromatic heterocycles. The van der Waals surface area contributed by atoms with Crippen LogP contribution in [0.4, 0.5) is 13.2 Å². The number of Topliss-reactive ketones (excluding diaryl/α,β-unsaturated/α-hetero) is 1. The van der Waals surface area contributed by atoms with Crippen LogP contribution < -0.4 is 0 Å². The van der Waals surface area contributed by atoms with Gasteiger partial charge >= 0.3 is 5.51 Å². The van der Waals surface area contributed by atoms with E-state index in [9.17, 15) is 18.0 Å². The fraction of sp³-hybridized carbons (Fsp3) is 0.238. The zero-order valence-corrected chi connectivity index (χ0v) is 16.7. The summed E-state index contributed by atoms with van der Waals surface area (Å²) in [5.74, 6) is -0.409. The molecule has 0 spiro atoms. The lowest BCUT2D eigenvalue weighted by molar-refractivity contribution is -0.0328. The molecule has 0 aliphatic rings. The van der Waals surface area contributed by atoms with Gasteiger partial charge in [0.2, 0.25) is 0 Å².